The van der Waals surface area contributed by atoms with Gasteiger partial charge in [-0.3, -0.25) is 14.3 Å². The third kappa shape index (κ3) is 5.23. The van der Waals surface area contributed by atoms with Crippen LogP contribution in [-0.2, 0) is 27.3 Å². The van der Waals surface area contributed by atoms with E-state index < -0.39 is 0 Å². The van der Waals surface area contributed by atoms with Crippen LogP contribution in [0.5, 0.6) is 0 Å². The van der Waals surface area contributed by atoms with Crippen LogP contribution in [0, 0.1) is 0 Å². The molecule has 0 atom stereocenters. The minimum Gasteiger partial charge on any atom is -0.466 e. The maximum atomic E-state index is 11.8. The molecule has 2 heterocycles. The number of hydrogen-bond donors (Lipinski definition) is 1. The predicted molar refractivity (Wildman–Crippen MR) is 85.6 cm³/mol. The fourth-order valence-electron chi connectivity index (χ4n) is 1.66. The standard InChI is InChI=1S/C13H15BrN4O3S/c1-2-21-12(20)5-10-8-22-13(16-10)17-11(19)3-4-18-7-9(14)6-15-18/h6-8H,2-5H2,1H3,(H,16,17,19). The molecule has 1 amide bonds. The van der Waals surface area contributed by atoms with Crippen LogP contribution in [-0.4, -0.2) is 33.2 Å². The molecule has 22 heavy (non-hydrogen) atoms. The fraction of sp³-hybridized carbons (Fsp3) is 0.385. The Kier molecular flexibility index (Phi) is 6.08. The van der Waals surface area contributed by atoms with Gasteiger partial charge >= 0.3 is 5.97 Å². The van der Waals surface area contributed by atoms with Gasteiger partial charge in [0.2, 0.25) is 5.91 Å². The highest BCUT2D eigenvalue weighted by Crippen LogP contribution is 2.16. The van der Waals surface area contributed by atoms with E-state index in [1.54, 1.807) is 29.4 Å². The first kappa shape index (κ1) is 16.6. The summed E-state index contributed by atoms with van der Waals surface area (Å²) in [6, 6.07) is 0. The van der Waals surface area contributed by atoms with Crippen molar-refractivity contribution in [2.45, 2.75) is 26.3 Å². The van der Waals surface area contributed by atoms with Crippen LogP contribution in [0.25, 0.3) is 0 Å². The van der Waals surface area contributed by atoms with Gasteiger partial charge in [-0.05, 0) is 22.9 Å². The van der Waals surface area contributed by atoms with Crippen LogP contribution in [0.4, 0.5) is 5.13 Å². The molecule has 0 radical (unpaired) electrons. The highest BCUT2D eigenvalue weighted by atomic mass is 79.9. The van der Waals surface area contributed by atoms with Crippen molar-refractivity contribution in [1.29, 1.82) is 0 Å². The number of hydrogen-bond acceptors (Lipinski definition) is 6. The maximum absolute atomic E-state index is 11.8. The van der Waals surface area contributed by atoms with Crippen molar-refractivity contribution in [1.82, 2.24) is 14.8 Å². The number of rotatable bonds is 7. The number of esters is 1. The molecular formula is C13H15BrN4O3S. The van der Waals surface area contributed by atoms with Gasteiger partial charge in [0, 0.05) is 24.5 Å². The number of carbonyl (C=O) groups is 2. The average Bonchev–Trinajstić information content (AvgIpc) is 3.06. The molecule has 0 bridgehead atoms. The lowest BCUT2D eigenvalue weighted by Crippen LogP contribution is -2.14. The lowest BCUT2D eigenvalue weighted by Gasteiger charge is -2.02. The van der Waals surface area contributed by atoms with Gasteiger partial charge in [-0.2, -0.15) is 5.10 Å². The van der Waals surface area contributed by atoms with Crippen LogP contribution in [0.3, 0.4) is 0 Å². The van der Waals surface area contributed by atoms with Crippen molar-refractivity contribution in [2.24, 2.45) is 0 Å². The molecule has 0 fully saturated rings. The largest absolute Gasteiger partial charge is 0.466 e. The first-order chi connectivity index (χ1) is 10.6. The summed E-state index contributed by atoms with van der Waals surface area (Å²) in [6.07, 6.45) is 3.87. The number of anilines is 1. The molecule has 0 aromatic carbocycles. The smallest absolute Gasteiger partial charge is 0.311 e. The van der Waals surface area contributed by atoms with Crippen molar-refractivity contribution < 1.29 is 14.3 Å². The Morgan fingerprint density at radius 3 is 3.00 bits per heavy atom. The molecule has 0 aliphatic carbocycles. The summed E-state index contributed by atoms with van der Waals surface area (Å²) in [5.41, 5.74) is 0.592. The molecule has 0 saturated carbocycles. The number of nitrogens with one attached hydrogen (secondary N) is 1. The number of aromatic nitrogens is 3. The maximum Gasteiger partial charge on any atom is 0.311 e. The van der Waals surface area contributed by atoms with Crippen molar-refractivity contribution in [3.8, 4) is 0 Å². The third-order valence-electron chi connectivity index (χ3n) is 2.60. The predicted octanol–water partition coefficient (Wildman–Crippen LogP) is 2.24. The summed E-state index contributed by atoms with van der Waals surface area (Å²) in [5, 5.41) is 8.99. The van der Waals surface area contributed by atoms with E-state index in [0.717, 1.165) is 4.47 Å². The van der Waals surface area contributed by atoms with Crippen molar-refractivity contribution >= 4 is 44.3 Å². The third-order valence-corrected chi connectivity index (χ3v) is 3.81. The van der Waals surface area contributed by atoms with E-state index in [1.165, 1.54) is 11.3 Å². The van der Waals surface area contributed by atoms with Crippen LogP contribution < -0.4 is 5.32 Å². The first-order valence-corrected chi connectivity index (χ1v) is 8.32. The summed E-state index contributed by atoms with van der Waals surface area (Å²) in [7, 11) is 0. The van der Waals surface area contributed by atoms with Gasteiger partial charge in [0.1, 0.15) is 0 Å². The second-order valence-electron chi connectivity index (χ2n) is 4.35. The number of nitrogens with zero attached hydrogens (tertiary/aromatic N) is 3. The molecule has 0 aliphatic heterocycles. The van der Waals surface area contributed by atoms with E-state index in [0.29, 0.717) is 30.4 Å². The van der Waals surface area contributed by atoms with Gasteiger partial charge in [0.05, 0.1) is 29.4 Å². The average molecular weight is 387 g/mol. The Balaban J connectivity index is 1.79. The van der Waals surface area contributed by atoms with E-state index in [1.807, 2.05) is 0 Å². The van der Waals surface area contributed by atoms with Crippen LogP contribution in [0.1, 0.15) is 19.0 Å². The zero-order chi connectivity index (χ0) is 15.9. The molecule has 118 valence electrons. The van der Waals surface area contributed by atoms with Crippen molar-refractivity contribution in [3.05, 3.63) is 27.9 Å². The molecule has 2 aromatic rings. The zero-order valence-corrected chi connectivity index (χ0v) is 14.3. The monoisotopic (exact) mass is 386 g/mol. The Labute approximate surface area is 139 Å². The summed E-state index contributed by atoms with van der Waals surface area (Å²) in [5.74, 6) is -0.474. The number of aryl methyl sites for hydroxylation is 1. The fourth-order valence-corrected chi connectivity index (χ4v) is 2.72. The highest BCUT2D eigenvalue weighted by molar-refractivity contribution is 9.10. The lowest BCUT2D eigenvalue weighted by molar-refractivity contribution is -0.142. The summed E-state index contributed by atoms with van der Waals surface area (Å²) in [4.78, 5) is 27.4. The number of ether oxygens (including phenoxy) is 1. The highest BCUT2D eigenvalue weighted by Gasteiger charge is 2.10. The van der Waals surface area contributed by atoms with E-state index >= 15 is 0 Å². The van der Waals surface area contributed by atoms with Gasteiger partial charge < -0.3 is 10.1 Å². The molecule has 1 N–H and O–H groups in total. The quantitative estimate of drug-likeness (QED) is 0.737. The van der Waals surface area contributed by atoms with Gasteiger partial charge in [-0.1, -0.05) is 0 Å². The van der Waals surface area contributed by atoms with E-state index in [-0.39, 0.29) is 18.3 Å². The zero-order valence-electron chi connectivity index (χ0n) is 11.9. The van der Waals surface area contributed by atoms with Gasteiger partial charge in [0.25, 0.3) is 0 Å². The Morgan fingerprint density at radius 1 is 1.50 bits per heavy atom. The number of amides is 1. The summed E-state index contributed by atoms with van der Waals surface area (Å²) in [6.45, 7) is 2.58. The van der Waals surface area contributed by atoms with E-state index in [4.69, 9.17) is 4.74 Å². The minimum absolute atomic E-state index is 0.113. The first-order valence-electron chi connectivity index (χ1n) is 6.64. The SMILES string of the molecule is CCOC(=O)Cc1csc(NC(=O)CCn2cc(Br)cn2)n1. The second kappa shape index (κ2) is 8.04. The van der Waals surface area contributed by atoms with Crippen LogP contribution in [0.15, 0.2) is 22.2 Å². The van der Waals surface area contributed by atoms with Crippen LogP contribution >= 0.6 is 27.3 Å². The molecule has 2 aromatic heterocycles. The topological polar surface area (TPSA) is 86.1 Å². The number of carbonyl (C=O) groups excluding carboxylic acids is 2. The Morgan fingerprint density at radius 2 is 2.32 bits per heavy atom. The summed E-state index contributed by atoms with van der Waals surface area (Å²) < 4.78 is 7.40. The number of thiazole rings is 1. The summed E-state index contributed by atoms with van der Waals surface area (Å²) >= 11 is 4.58. The Bertz CT molecular complexity index is 655. The second-order valence-corrected chi connectivity index (χ2v) is 6.12. The molecule has 2 rings (SSSR count). The molecule has 9 heteroatoms. The van der Waals surface area contributed by atoms with Crippen molar-refractivity contribution in [3.63, 3.8) is 0 Å². The molecule has 0 saturated heterocycles. The Hall–Kier alpha value is -1.74. The molecule has 0 spiro atoms. The van der Waals surface area contributed by atoms with Gasteiger partial charge in [-0.25, -0.2) is 4.98 Å². The van der Waals surface area contributed by atoms with Crippen LogP contribution in [0.2, 0.25) is 0 Å². The normalized spacial score (nSPS) is 10.5. The molecule has 0 aliphatic rings. The lowest BCUT2D eigenvalue weighted by atomic mass is 10.3. The molecule has 7 nitrogen and oxygen atoms in total. The minimum atomic E-state index is -0.324. The van der Waals surface area contributed by atoms with E-state index in [2.05, 4.69) is 31.3 Å². The molecular weight excluding hydrogens is 372 g/mol. The number of halogens is 1. The molecule has 0 unspecified atom stereocenters. The van der Waals surface area contributed by atoms with E-state index in [9.17, 15) is 9.59 Å². The van der Waals surface area contributed by atoms with Gasteiger partial charge in [-0.15, -0.1) is 11.3 Å². The van der Waals surface area contributed by atoms with Gasteiger partial charge in [0.15, 0.2) is 5.13 Å². The van der Waals surface area contributed by atoms with Crippen molar-refractivity contribution in [2.75, 3.05) is 11.9 Å².